The van der Waals surface area contributed by atoms with Gasteiger partial charge in [-0.15, -0.1) is 0 Å². The largest absolute Gasteiger partial charge is 0.497 e. The Bertz CT molecular complexity index is 894. The van der Waals surface area contributed by atoms with Gasteiger partial charge in [-0.25, -0.2) is 0 Å². The number of ketones is 1. The summed E-state index contributed by atoms with van der Waals surface area (Å²) >= 11 is 0. The predicted octanol–water partition coefficient (Wildman–Crippen LogP) is 2.46. The van der Waals surface area contributed by atoms with Crippen LogP contribution in [0.5, 0.6) is 5.75 Å². The Morgan fingerprint density at radius 3 is 2.93 bits per heavy atom. The van der Waals surface area contributed by atoms with E-state index in [1.807, 2.05) is 0 Å². The first kappa shape index (κ1) is 15.5. The van der Waals surface area contributed by atoms with Crippen LogP contribution in [-0.4, -0.2) is 47.1 Å². The quantitative estimate of drug-likeness (QED) is 0.894. The minimum absolute atomic E-state index is 0.178. The summed E-state index contributed by atoms with van der Waals surface area (Å²) in [5.41, 5.74) is 1.77. The molecule has 2 bridgehead atoms. The molecule has 142 valence electrons. The Kier molecular flexibility index (Phi) is 2.55. The molecule has 0 radical (unpaired) electrons. The van der Waals surface area contributed by atoms with Crippen molar-refractivity contribution >= 4 is 5.78 Å². The van der Waals surface area contributed by atoms with E-state index in [0.717, 1.165) is 31.1 Å². The lowest BCUT2D eigenvalue weighted by molar-refractivity contribution is -0.243. The van der Waals surface area contributed by atoms with E-state index in [9.17, 15) is 9.90 Å². The lowest BCUT2D eigenvalue weighted by atomic mass is 9.41. The summed E-state index contributed by atoms with van der Waals surface area (Å²) in [5, 5.41) is 12.3. The molecule has 0 amide bonds. The van der Waals surface area contributed by atoms with E-state index >= 15 is 0 Å². The van der Waals surface area contributed by atoms with E-state index < -0.39 is 5.60 Å². The van der Waals surface area contributed by atoms with Crippen molar-refractivity contribution in [3.05, 3.63) is 29.3 Å². The van der Waals surface area contributed by atoms with Crippen LogP contribution in [0.3, 0.4) is 0 Å². The second kappa shape index (κ2) is 4.44. The van der Waals surface area contributed by atoms with Gasteiger partial charge in [0.25, 0.3) is 0 Å². The first-order valence-corrected chi connectivity index (χ1v) is 10.7. The predicted molar refractivity (Wildman–Crippen MR) is 99.7 cm³/mol. The highest BCUT2D eigenvalue weighted by Crippen LogP contribution is 2.82. The standard InChI is InChI=1S/C23H27NO3/c1-27-16-5-4-14-10-21-18-9-19(21)24(12-13-2-3-13)20(21)23(26)11-15(25)6-7-22(18,23)17(14)8-16/h4-5,8,13,18-20,26H,2-3,6-7,9-12H2,1H3/t18?,19?,20-,21?,22-,23-/m1/s1. The lowest BCUT2D eigenvalue weighted by Crippen LogP contribution is -2.81. The number of hydrogen-bond donors (Lipinski definition) is 1. The zero-order valence-corrected chi connectivity index (χ0v) is 15.9. The maximum absolute atomic E-state index is 12.6. The topological polar surface area (TPSA) is 49.8 Å². The maximum Gasteiger partial charge on any atom is 0.135 e. The highest BCUT2D eigenvalue weighted by Gasteiger charge is 2.89. The molecule has 1 aromatic rings. The van der Waals surface area contributed by atoms with Gasteiger partial charge in [-0.3, -0.25) is 9.69 Å². The molecule has 3 unspecified atom stereocenters. The number of likely N-dealkylation sites (tertiary alicyclic amines) is 1. The molecule has 6 aliphatic rings. The Balaban J connectivity index is 1.45. The van der Waals surface area contributed by atoms with Crippen molar-refractivity contribution in [3.63, 3.8) is 0 Å². The summed E-state index contributed by atoms with van der Waals surface area (Å²) in [5.74, 6) is 2.49. The van der Waals surface area contributed by atoms with Crippen molar-refractivity contribution in [2.75, 3.05) is 13.7 Å². The fourth-order valence-electron chi connectivity index (χ4n) is 8.56. The Morgan fingerprint density at radius 1 is 1.30 bits per heavy atom. The van der Waals surface area contributed by atoms with E-state index in [-0.39, 0.29) is 22.7 Å². The highest BCUT2D eigenvalue weighted by molar-refractivity contribution is 5.83. The second-order valence-electron chi connectivity index (χ2n) is 10.3. The Morgan fingerprint density at radius 2 is 2.15 bits per heavy atom. The molecule has 4 saturated carbocycles. The van der Waals surface area contributed by atoms with Crippen molar-refractivity contribution in [1.82, 2.24) is 4.90 Å². The normalized spacial score (nSPS) is 48.8. The molecule has 4 heteroatoms. The molecule has 2 spiro atoms. The fourth-order valence-corrected chi connectivity index (χ4v) is 8.56. The molecule has 6 atom stereocenters. The number of fused-ring (bicyclic) bond motifs is 2. The zero-order valence-electron chi connectivity index (χ0n) is 15.9. The van der Waals surface area contributed by atoms with E-state index in [2.05, 4.69) is 23.1 Å². The number of Topliss-reactive ketones (excluding diaryl/α,β-unsaturated/α-hetero) is 1. The van der Waals surface area contributed by atoms with Crippen LogP contribution < -0.4 is 4.74 Å². The molecular weight excluding hydrogens is 338 g/mol. The average molecular weight is 365 g/mol. The van der Waals surface area contributed by atoms with Crippen molar-refractivity contribution in [2.45, 2.75) is 68.0 Å². The van der Waals surface area contributed by atoms with Crippen LogP contribution in [0.2, 0.25) is 0 Å². The molecule has 27 heavy (non-hydrogen) atoms. The molecule has 0 aromatic heterocycles. The van der Waals surface area contributed by atoms with Crippen molar-refractivity contribution in [1.29, 1.82) is 0 Å². The first-order valence-electron chi connectivity index (χ1n) is 10.7. The molecule has 1 heterocycles. The average Bonchev–Trinajstić information content (AvgIpc) is 3.46. The van der Waals surface area contributed by atoms with E-state index in [1.54, 1.807) is 7.11 Å². The van der Waals surface area contributed by atoms with Crippen molar-refractivity contribution < 1.29 is 14.6 Å². The van der Waals surface area contributed by atoms with E-state index in [1.165, 1.54) is 30.4 Å². The van der Waals surface area contributed by atoms with Crippen molar-refractivity contribution in [2.24, 2.45) is 17.3 Å². The number of methoxy groups -OCH3 is 1. The van der Waals surface area contributed by atoms with Gasteiger partial charge < -0.3 is 9.84 Å². The molecule has 1 N–H and O–H groups in total. The summed E-state index contributed by atoms with van der Waals surface area (Å²) in [6, 6.07) is 7.30. The zero-order chi connectivity index (χ0) is 18.2. The first-order chi connectivity index (χ1) is 13.0. The summed E-state index contributed by atoms with van der Waals surface area (Å²) in [7, 11) is 1.72. The number of piperidine rings is 1. The monoisotopic (exact) mass is 365 g/mol. The maximum atomic E-state index is 12.6. The van der Waals surface area contributed by atoms with Crippen LogP contribution in [0.4, 0.5) is 0 Å². The van der Waals surface area contributed by atoms with Crippen molar-refractivity contribution in [3.8, 4) is 5.75 Å². The number of ether oxygens (including phenoxy) is 1. The molecule has 5 aliphatic carbocycles. The summed E-state index contributed by atoms with van der Waals surface area (Å²) in [6.45, 7) is 1.13. The lowest BCUT2D eigenvalue weighted by Gasteiger charge is -2.73. The molecule has 1 aromatic carbocycles. The number of carbonyl (C=O) groups excluding carboxylic acids is 1. The van der Waals surface area contributed by atoms with Crippen LogP contribution in [-0.2, 0) is 16.6 Å². The molecule has 1 aliphatic heterocycles. The van der Waals surface area contributed by atoms with E-state index in [0.29, 0.717) is 24.8 Å². The van der Waals surface area contributed by atoms with Crippen LogP contribution >= 0.6 is 0 Å². The SMILES string of the molecule is COc1ccc2c(c1)[C@@]13CCC(=O)C[C@@]1(O)[C@@H]1N(CC4CC4)C4CC3C41C2. The van der Waals surface area contributed by atoms with Gasteiger partial charge in [0, 0.05) is 42.3 Å². The molecule has 7 rings (SSSR count). The van der Waals surface area contributed by atoms with Crippen LogP contribution in [0, 0.1) is 17.3 Å². The number of carbonyl (C=O) groups is 1. The molecule has 4 nitrogen and oxygen atoms in total. The molecule has 5 fully saturated rings. The van der Waals surface area contributed by atoms with Gasteiger partial charge in [0.1, 0.15) is 11.5 Å². The van der Waals surface area contributed by atoms with Gasteiger partial charge in [-0.2, -0.15) is 0 Å². The number of hydrogen-bond acceptors (Lipinski definition) is 4. The number of aliphatic hydroxyl groups is 1. The van der Waals surface area contributed by atoms with Crippen LogP contribution in [0.25, 0.3) is 0 Å². The minimum Gasteiger partial charge on any atom is -0.497 e. The number of nitrogens with zero attached hydrogens (tertiary/aromatic N) is 1. The van der Waals surface area contributed by atoms with Gasteiger partial charge in [0.15, 0.2) is 0 Å². The Hall–Kier alpha value is -1.39. The second-order valence-corrected chi connectivity index (χ2v) is 10.3. The smallest absolute Gasteiger partial charge is 0.135 e. The highest BCUT2D eigenvalue weighted by atomic mass is 16.5. The van der Waals surface area contributed by atoms with Gasteiger partial charge in [-0.05, 0) is 67.2 Å². The van der Waals surface area contributed by atoms with Gasteiger partial charge in [0.05, 0.1) is 12.7 Å². The third kappa shape index (κ3) is 1.44. The fraction of sp³-hybridized carbons (Fsp3) is 0.696. The van der Waals surface area contributed by atoms with Gasteiger partial charge in [-0.1, -0.05) is 6.07 Å². The molecular formula is C23H27NO3. The van der Waals surface area contributed by atoms with E-state index in [4.69, 9.17) is 4.74 Å². The van der Waals surface area contributed by atoms with Gasteiger partial charge >= 0.3 is 0 Å². The number of rotatable bonds is 3. The summed E-state index contributed by atoms with van der Waals surface area (Å²) in [4.78, 5) is 15.2. The number of benzene rings is 1. The third-order valence-corrected chi connectivity index (χ3v) is 9.51. The van der Waals surface area contributed by atoms with Crippen LogP contribution in [0.15, 0.2) is 18.2 Å². The summed E-state index contributed by atoms with van der Waals surface area (Å²) < 4.78 is 5.56. The minimum atomic E-state index is -0.896. The summed E-state index contributed by atoms with van der Waals surface area (Å²) in [6.07, 6.45) is 6.74. The van der Waals surface area contributed by atoms with Gasteiger partial charge in [0.2, 0.25) is 0 Å². The van der Waals surface area contributed by atoms with Crippen LogP contribution in [0.1, 0.15) is 49.7 Å². The third-order valence-electron chi connectivity index (χ3n) is 9.51. The Labute approximate surface area is 159 Å². The molecule has 1 saturated heterocycles.